The fourth-order valence-corrected chi connectivity index (χ4v) is 2.60. The molecule has 0 saturated carbocycles. The maximum atomic E-state index is 11.9. The molecule has 0 spiro atoms. The smallest absolute Gasteiger partial charge is 0.225 e. The minimum atomic E-state index is -0.0589. The Hall–Kier alpha value is -1.39. The molecule has 2 aromatic rings. The lowest BCUT2D eigenvalue weighted by Crippen LogP contribution is -2.26. The summed E-state index contributed by atoms with van der Waals surface area (Å²) >= 11 is 3.45. The highest BCUT2D eigenvalue weighted by molar-refractivity contribution is 9.10. The van der Waals surface area contributed by atoms with Gasteiger partial charge in [0.1, 0.15) is 0 Å². The Morgan fingerprint density at radius 3 is 2.70 bits per heavy atom. The molecule has 0 bridgehead atoms. The first kappa shape index (κ1) is 15.0. The van der Waals surface area contributed by atoms with Crippen molar-refractivity contribution in [2.45, 2.75) is 32.2 Å². The summed E-state index contributed by atoms with van der Waals surface area (Å²) < 4.78 is 1.05. The molecular weight excluding hydrogens is 316 g/mol. The van der Waals surface area contributed by atoms with Gasteiger partial charge in [-0.1, -0.05) is 41.4 Å². The van der Waals surface area contributed by atoms with Crippen molar-refractivity contribution < 1.29 is 4.79 Å². The van der Waals surface area contributed by atoms with E-state index in [4.69, 9.17) is 5.73 Å². The molecule has 1 unspecified atom stereocenters. The summed E-state index contributed by atoms with van der Waals surface area (Å²) in [7, 11) is 0. The molecule has 3 N–H and O–H groups in total. The largest absolute Gasteiger partial charge is 0.327 e. The van der Waals surface area contributed by atoms with Crippen molar-refractivity contribution in [3.63, 3.8) is 0 Å². The lowest BCUT2D eigenvalue weighted by atomic mass is 10.1. The van der Waals surface area contributed by atoms with E-state index < -0.39 is 0 Å². The van der Waals surface area contributed by atoms with Crippen molar-refractivity contribution in [1.82, 2.24) is 0 Å². The van der Waals surface area contributed by atoms with E-state index in [9.17, 15) is 4.79 Å². The number of hydrogen-bond donors (Lipinski definition) is 2. The van der Waals surface area contributed by atoms with Gasteiger partial charge in [-0.25, -0.2) is 0 Å². The Morgan fingerprint density at radius 1 is 1.25 bits per heavy atom. The summed E-state index contributed by atoms with van der Waals surface area (Å²) in [6.45, 7) is 2.07. The standard InChI is InChI=1S/C16H19BrN2O/c1-2-3-14(18)10-16(20)19-15-7-5-11-8-13(17)6-4-12(11)9-15/h4-9,14H,2-3,10,18H2,1H3,(H,19,20). The number of nitrogens with one attached hydrogen (secondary N) is 1. The lowest BCUT2D eigenvalue weighted by Gasteiger charge is -2.11. The van der Waals surface area contributed by atoms with Crippen LogP contribution in [0.3, 0.4) is 0 Å². The van der Waals surface area contributed by atoms with E-state index in [1.165, 1.54) is 0 Å². The normalized spacial score (nSPS) is 12.3. The minimum absolute atomic E-state index is 0.0255. The molecule has 4 heteroatoms. The number of anilines is 1. The topological polar surface area (TPSA) is 55.1 Å². The molecule has 20 heavy (non-hydrogen) atoms. The van der Waals surface area contributed by atoms with E-state index in [1.54, 1.807) is 0 Å². The van der Waals surface area contributed by atoms with Gasteiger partial charge in [-0.2, -0.15) is 0 Å². The summed E-state index contributed by atoms with van der Waals surface area (Å²) in [5.41, 5.74) is 6.69. The van der Waals surface area contributed by atoms with Crippen molar-refractivity contribution in [3.05, 3.63) is 40.9 Å². The van der Waals surface area contributed by atoms with Crippen molar-refractivity contribution >= 4 is 38.3 Å². The monoisotopic (exact) mass is 334 g/mol. The van der Waals surface area contributed by atoms with Crippen LogP contribution in [-0.4, -0.2) is 11.9 Å². The molecule has 0 aliphatic heterocycles. The third-order valence-corrected chi connectivity index (χ3v) is 3.69. The zero-order valence-corrected chi connectivity index (χ0v) is 13.1. The van der Waals surface area contributed by atoms with Crippen LogP contribution in [0.25, 0.3) is 10.8 Å². The predicted octanol–water partition coefficient (Wildman–Crippen LogP) is 4.06. The predicted molar refractivity (Wildman–Crippen MR) is 87.8 cm³/mol. The molecule has 0 aromatic heterocycles. The fourth-order valence-electron chi connectivity index (χ4n) is 2.22. The maximum Gasteiger partial charge on any atom is 0.225 e. The van der Waals surface area contributed by atoms with Crippen LogP contribution in [0.2, 0.25) is 0 Å². The average molecular weight is 335 g/mol. The van der Waals surface area contributed by atoms with Crippen molar-refractivity contribution in [2.75, 3.05) is 5.32 Å². The Balaban J connectivity index is 2.06. The van der Waals surface area contributed by atoms with Crippen LogP contribution in [0.15, 0.2) is 40.9 Å². The van der Waals surface area contributed by atoms with E-state index >= 15 is 0 Å². The quantitative estimate of drug-likeness (QED) is 0.866. The maximum absolute atomic E-state index is 11.9. The first-order chi connectivity index (χ1) is 9.58. The number of rotatable bonds is 5. The molecular formula is C16H19BrN2O. The van der Waals surface area contributed by atoms with Gasteiger partial charge in [0, 0.05) is 22.6 Å². The number of nitrogens with two attached hydrogens (primary N) is 1. The second kappa shape index (κ2) is 6.86. The average Bonchev–Trinajstić information content (AvgIpc) is 2.39. The highest BCUT2D eigenvalue weighted by Gasteiger charge is 2.09. The second-order valence-electron chi connectivity index (χ2n) is 5.01. The first-order valence-electron chi connectivity index (χ1n) is 6.83. The molecule has 0 aliphatic rings. The molecule has 0 fully saturated rings. The zero-order chi connectivity index (χ0) is 14.5. The Kier molecular flexibility index (Phi) is 5.15. The molecule has 106 valence electrons. The van der Waals surface area contributed by atoms with Gasteiger partial charge in [0.05, 0.1) is 0 Å². The van der Waals surface area contributed by atoms with Crippen LogP contribution in [0.4, 0.5) is 5.69 Å². The summed E-state index contributed by atoms with van der Waals surface area (Å²) in [6, 6.07) is 11.9. The van der Waals surface area contributed by atoms with Crippen LogP contribution in [-0.2, 0) is 4.79 Å². The first-order valence-corrected chi connectivity index (χ1v) is 7.62. The number of carbonyl (C=O) groups is 1. The van der Waals surface area contributed by atoms with Crippen LogP contribution in [0.5, 0.6) is 0 Å². The Bertz CT molecular complexity index is 612. The van der Waals surface area contributed by atoms with Gasteiger partial charge in [-0.05, 0) is 41.5 Å². The van der Waals surface area contributed by atoms with E-state index in [0.717, 1.165) is 33.8 Å². The van der Waals surface area contributed by atoms with Gasteiger partial charge < -0.3 is 11.1 Å². The Morgan fingerprint density at radius 2 is 1.95 bits per heavy atom. The van der Waals surface area contributed by atoms with Gasteiger partial charge in [0.2, 0.25) is 5.91 Å². The molecule has 3 nitrogen and oxygen atoms in total. The molecule has 0 aliphatic carbocycles. The summed E-state index contributed by atoms with van der Waals surface area (Å²) in [5.74, 6) is -0.0255. The summed E-state index contributed by atoms with van der Waals surface area (Å²) in [4.78, 5) is 11.9. The number of halogens is 1. The lowest BCUT2D eigenvalue weighted by molar-refractivity contribution is -0.116. The Labute approximate surface area is 127 Å². The van der Waals surface area contributed by atoms with Crippen molar-refractivity contribution in [3.8, 4) is 0 Å². The highest BCUT2D eigenvalue weighted by atomic mass is 79.9. The summed E-state index contributed by atoms with van der Waals surface area (Å²) in [6.07, 6.45) is 2.24. The third-order valence-electron chi connectivity index (χ3n) is 3.19. The van der Waals surface area contributed by atoms with Crippen molar-refractivity contribution in [1.29, 1.82) is 0 Å². The van der Waals surface area contributed by atoms with E-state index in [-0.39, 0.29) is 11.9 Å². The molecule has 1 atom stereocenters. The molecule has 0 heterocycles. The van der Waals surface area contributed by atoms with E-state index in [0.29, 0.717) is 6.42 Å². The van der Waals surface area contributed by atoms with Crippen LogP contribution in [0, 0.1) is 0 Å². The van der Waals surface area contributed by atoms with Gasteiger partial charge in [0.25, 0.3) is 0 Å². The number of fused-ring (bicyclic) bond motifs is 1. The van der Waals surface area contributed by atoms with E-state index in [2.05, 4.69) is 34.2 Å². The zero-order valence-electron chi connectivity index (χ0n) is 11.5. The number of amides is 1. The highest BCUT2D eigenvalue weighted by Crippen LogP contribution is 2.23. The van der Waals surface area contributed by atoms with Gasteiger partial charge >= 0.3 is 0 Å². The van der Waals surface area contributed by atoms with Crippen LogP contribution >= 0.6 is 15.9 Å². The van der Waals surface area contributed by atoms with Crippen LogP contribution in [0.1, 0.15) is 26.2 Å². The SMILES string of the molecule is CCCC(N)CC(=O)Nc1ccc2cc(Br)ccc2c1. The number of carbonyl (C=O) groups excluding carboxylic acids is 1. The molecule has 2 aromatic carbocycles. The second-order valence-corrected chi connectivity index (χ2v) is 5.92. The molecule has 0 radical (unpaired) electrons. The van der Waals surface area contributed by atoms with Gasteiger partial charge in [-0.15, -0.1) is 0 Å². The number of benzene rings is 2. The van der Waals surface area contributed by atoms with Crippen molar-refractivity contribution in [2.24, 2.45) is 5.73 Å². The minimum Gasteiger partial charge on any atom is -0.327 e. The van der Waals surface area contributed by atoms with Gasteiger partial charge in [0.15, 0.2) is 0 Å². The van der Waals surface area contributed by atoms with Gasteiger partial charge in [-0.3, -0.25) is 4.79 Å². The molecule has 2 rings (SSSR count). The number of hydrogen-bond acceptors (Lipinski definition) is 2. The third kappa shape index (κ3) is 4.05. The molecule has 1 amide bonds. The summed E-state index contributed by atoms with van der Waals surface area (Å²) in [5, 5.41) is 5.15. The van der Waals surface area contributed by atoms with Crippen LogP contribution < -0.4 is 11.1 Å². The fraction of sp³-hybridized carbons (Fsp3) is 0.312. The molecule has 0 saturated heterocycles. The van der Waals surface area contributed by atoms with E-state index in [1.807, 2.05) is 30.3 Å².